The van der Waals surface area contributed by atoms with Gasteiger partial charge in [0.2, 0.25) is 0 Å². The van der Waals surface area contributed by atoms with Gasteiger partial charge in [-0.25, -0.2) is 9.78 Å². The number of carbonyl (C=O) groups excluding carboxylic acids is 3. The molecule has 8 nitrogen and oxygen atoms in total. The van der Waals surface area contributed by atoms with Crippen molar-refractivity contribution in [2.75, 3.05) is 18.5 Å². The number of carbonyl (C=O) groups is 3. The third-order valence-corrected chi connectivity index (χ3v) is 6.89. The number of likely N-dealkylation sites (tertiary alicyclic amines) is 1. The van der Waals surface area contributed by atoms with Gasteiger partial charge >= 0.3 is 5.97 Å². The second kappa shape index (κ2) is 9.71. The molecule has 35 heavy (non-hydrogen) atoms. The fourth-order valence-corrected chi connectivity index (χ4v) is 5.15. The zero-order valence-electron chi connectivity index (χ0n) is 19.0. The van der Waals surface area contributed by atoms with Crippen LogP contribution in [0.4, 0.5) is 5.69 Å². The van der Waals surface area contributed by atoms with Gasteiger partial charge in [-0.1, -0.05) is 6.07 Å². The molecule has 0 bridgehead atoms. The molecular weight excluding hydrogens is 466 g/mol. The Bertz CT molecular complexity index is 1380. The first-order valence-corrected chi connectivity index (χ1v) is 12.1. The molecule has 2 amide bonds. The summed E-state index contributed by atoms with van der Waals surface area (Å²) < 4.78 is 11.5. The molecule has 0 spiro atoms. The maximum atomic E-state index is 12.6. The molecule has 0 unspecified atom stereocenters. The van der Waals surface area contributed by atoms with Crippen molar-refractivity contribution in [2.45, 2.75) is 25.8 Å². The standard InChI is InChI=1S/C26H23N3O5S/c1-16-6-11-19-22(14-16)35-24(28-19)17-7-9-18(10-8-17)27-23(30)15-34-26(32)20-4-2-12-29(20)25(31)21-5-3-13-33-21/h3,5-11,13-14,20H,2,4,12,15H2,1H3,(H,27,30)/t20-/m0/s1. The number of amides is 2. The minimum Gasteiger partial charge on any atom is -0.459 e. The topological polar surface area (TPSA) is 102 Å². The SMILES string of the molecule is Cc1ccc2nc(-c3ccc(NC(=O)COC(=O)[C@@H]4CCCN4C(=O)c4ccco4)cc3)sc2c1. The summed E-state index contributed by atoms with van der Waals surface area (Å²) in [6, 6.07) is 16.0. The Balaban J connectivity index is 1.16. The van der Waals surface area contributed by atoms with Crippen LogP contribution in [0.2, 0.25) is 0 Å². The van der Waals surface area contributed by atoms with Gasteiger partial charge in [-0.3, -0.25) is 9.59 Å². The molecule has 4 aromatic rings. The van der Waals surface area contributed by atoms with Crippen molar-refractivity contribution in [1.82, 2.24) is 9.88 Å². The Labute approximate surface area is 205 Å². The van der Waals surface area contributed by atoms with Crippen molar-refractivity contribution >= 4 is 45.0 Å². The summed E-state index contributed by atoms with van der Waals surface area (Å²) >= 11 is 1.62. The van der Waals surface area contributed by atoms with E-state index < -0.39 is 24.5 Å². The predicted molar refractivity (Wildman–Crippen MR) is 132 cm³/mol. The number of hydrogen-bond donors (Lipinski definition) is 1. The number of furan rings is 1. The van der Waals surface area contributed by atoms with Crippen LogP contribution in [0.1, 0.15) is 29.0 Å². The number of fused-ring (bicyclic) bond motifs is 1. The van der Waals surface area contributed by atoms with Gasteiger partial charge in [-0.15, -0.1) is 11.3 Å². The monoisotopic (exact) mass is 489 g/mol. The number of anilines is 1. The van der Waals surface area contributed by atoms with E-state index in [1.807, 2.05) is 24.3 Å². The fourth-order valence-electron chi connectivity index (χ4n) is 4.08. The van der Waals surface area contributed by atoms with Crippen LogP contribution in [0.5, 0.6) is 0 Å². The van der Waals surface area contributed by atoms with E-state index in [-0.39, 0.29) is 11.7 Å². The number of nitrogens with one attached hydrogen (secondary N) is 1. The van der Waals surface area contributed by atoms with Crippen molar-refractivity contribution in [2.24, 2.45) is 0 Å². The molecule has 1 aliphatic rings. The van der Waals surface area contributed by atoms with E-state index in [0.29, 0.717) is 25.1 Å². The molecule has 1 N–H and O–H groups in total. The Morgan fingerprint density at radius 1 is 1.17 bits per heavy atom. The molecule has 3 heterocycles. The molecule has 0 saturated carbocycles. The van der Waals surface area contributed by atoms with Crippen LogP contribution in [0.15, 0.2) is 65.3 Å². The zero-order chi connectivity index (χ0) is 24.4. The molecule has 1 saturated heterocycles. The van der Waals surface area contributed by atoms with Gasteiger partial charge in [0.1, 0.15) is 11.0 Å². The number of esters is 1. The highest BCUT2D eigenvalue weighted by Gasteiger charge is 2.36. The van der Waals surface area contributed by atoms with E-state index >= 15 is 0 Å². The van der Waals surface area contributed by atoms with Crippen molar-refractivity contribution < 1.29 is 23.5 Å². The summed E-state index contributed by atoms with van der Waals surface area (Å²) in [5.41, 5.74) is 3.69. The lowest BCUT2D eigenvalue weighted by molar-refractivity contribution is -0.151. The molecule has 0 radical (unpaired) electrons. The number of thiazole rings is 1. The molecule has 1 atom stereocenters. The summed E-state index contributed by atoms with van der Waals surface area (Å²) in [6.45, 7) is 2.06. The molecule has 178 valence electrons. The Morgan fingerprint density at radius 2 is 2.00 bits per heavy atom. The van der Waals surface area contributed by atoms with Crippen LogP contribution in [-0.2, 0) is 14.3 Å². The summed E-state index contributed by atoms with van der Waals surface area (Å²) in [4.78, 5) is 43.5. The van der Waals surface area contributed by atoms with Gasteiger partial charge in [-0.05, 0) is 73.9 Å². The van der Waals surface area contributed by atoms with E-state index in [9.17, 15) is 14.4 Å². The molecular formula is C26H23N3O5S. The fraction of sp³-hybridized carbons (Fsp3) is 0.231. The predicted octanol–water partition coefficient (Wildman–Crippen LogP) is 4.65. The lowest BCUT2D eigenvalue weighted by Crippen LogP contribution is -2.42. The van der Waals surface area contributed by atoms with E-state index in [1.54, 1.807) is 35.6 Å². The Kier molecular flexibility index (Phi) is 6.33. The first kappa shape index (κ1) is 22.8. The van der Waals surface area contributed by atoms with Crippen molar-refractivity contribution in [1.29, 1.82) is 0 Å². The van der Waals surface area contributed by atoms with Crippen LogP contribution in [0, 0.1) is 6.92 Å². The number of benzene rings is 2. The highest BCUT2D eigenvalue weighted by molar-refractivity contribution is 7.21. The van der Waals surface area contributed by atoms with Crippen molar-refractivity contribution in [3.05, 3.63) is 72.2 Å². The first-order chi connectivity index (χ1) is 17.0. The third-order valence-electron chi connectivity index (χ3n) is 5.82. The summed E-state index contributed by atoms with van der Waals surface area (Å²) in [5, 5.41) is 3.63. The average Bonchev–Trinajstić information content (AvgIpc) is 3.63. The number of nitrogens with zero attached hydrogens (tertiary/aromatic N) is 2. The second-order valence-corrected chi connectivity index (χ2v) is 9.39. The molecule has 5 rings (SSSR count). The number of ether oxygens (including phenoxy) is 1. The number of aryl methyl sites for hydroxylation is 1. The van der Waals surface area contributed by atoms with Gasteiger partial charge in [0.15, 0.2) is 12.4 Å². The molecule has 9 heteroatoms. The third kappa shape index (κ3) is 4.95. The first-order valence-electron chi connectivity index (χ1n) is 11.3. The highest BCUT2D eigenvalue weighted by Crippen LogP contribution is 2.31. The van der Waals surface area contributed by atoms with Crippen molar-refractivity contribution in [3.63, 3.8) is 0 Å². The summed E-state index contributed by atoms with van der Waals surface area (Å²) in [7, 11) is 0. The lowest BCUT2D eigenvalue weighted by atomic mass is 10.2. The Morgan fingerprint density at radius 3 is 2.77 bits per heavy atom. The van der Waals surface area contributed by atoms with Gasteiger partial charge in [-0.2, -0.15) is 0 Å². The normalized spacial score (nSPS) is 15.3. The zero-order valence-corrected chi connectivity index (χ0v) is 19.8. The summed E-state index contributed by atoms with van der Waals surface area (Å²) in [6.07, 6.45) is 2.58. The number of hydrogen-bond acceptors (Lipinski definition) is 7. The van der Waals surface area contributed by atoms with Crippen LogP contribution in [0.25, 0.3) is 20.8 Å². The van der Waals surface area contributed by atoms with Crippen LogP contribution in [-0.4, -0.2) is 46.9 Å². The Hall–Kier alpha value is -3.98. The van der Waals surface area contributed by atoms with Crippen LogP contribution < -0.4 is 5.32 Å². The van der Waals surface area contributed by atoms with Crippen LogP contribution in [0.3, 0.4) is 0 Å². The highest BCUT2D eigenvalue weighted by atomic mass is 32.1. The van der Waals surface area contributed by atoms with E-state index in [0.717, 1.165) is 20.8 Å². The number of aromatic nitrogens is 1. The smallest absolute Gasteiger partial charge is 0.329 e. The van der Waals surface area contributed by atoms with E-state index in [2.05, 4.69) is 23.3 Å². The van der Waals surface area contributed by atoms with Gasteiger partial charge in [0, 0.05) is 17.8 Å². The van der Waals surface area contributed by atoms with Gasteiger partial charge in [0.05, 0.1) is 16.5 Å². The van der Waals surface area contributed by atoms with Gasteiger partial charge in [0.25, 0.3) is 11.8 Å². The number of rotatable bonds is 6. The van der Waals surface area contributed by atoms with E-state index in [1.165, 1.54) is 16.7 Å². The minimum atomic E-state index is -0.725. The average molecular weight is 490 g/mol. The van der Waals surface area contributed by atoms with Crippen molar-refractivity contribution in [3.8, 4) is 10.6 Å². The maximum Gasteiger partial charge on any atom is 0.329 e. The maximum absolute atomic E-state index is 12.6. The molecule has 1 aliphatic heterocycles. The second-order valence-electron chi connectivity index (χ2n) is 8.36. The molecule has 1 fully saturated rings. The van der Waals surface area contributed by atoms with Crippen LogP contribution >= 0.6 is 11.3 Å². The largest absolute Gasteiger partial charge is 0.459 e. The summed E-state index contributed by atoms with van der Waals surface area (Å²) in [5.74, 6) is -1.24. The molecule has 2 aromatic carbocycles. The molecule has 0 aliphatic carbocycles. The lowest BCUT2D eigenvalue weighted by Gasteiger charge is -2.22. The van der Waals surface area contributed by atoms with Gasteiger partial charge < -0.3 is 19.4 Å². The quantitative estimate of drug-likeness (QED) is 0.396. The minimum absolute atomic E-state index is 0.173. The van der Waals surface area contributed by atoms with E-state index in [4.69, 9.17) is 9.15 Å². The molecule has 2 aromatic heterocycles.